The average Bonchev–Trinajstić information content (AvgIpc) is 2.71. The summed E-state index contributed by atoms with van der Waals surface area (Å²) in [6.07, 6.45) is -1.47. The molecule has 134 valence electrons. The monoisotopic (exact) mass is 347 g/mol. The summed E-state index contributed by atoms with van der Waals surface area (Å²) in [6, 6.07) is 9.19. The predicted molar refractivity (Wildman–Crippen MR) is 86.2 cm³/mol. The average molecular weight is 347 g/mol. The van der Waals surface area contributed by atoms with Gasteiger partial charge in [0.2, 0.25) is 5.91 Å². The van der Waals surface area contributed by atoms with Crippen LogP contribution < -0.4 is 0 Å². The van der Waals surface area contributed by atoms with Gasteiger partial charge in [-0.3, -0.25) is 14.4 Å². The van der Waals surface area contributed by atoms with Gasteiger partial charge in [0.15, 0.2) is 12.2 Å². The van der Waals surface area contributed by atoms with Gasteiger partial charge in [-0.15, -0.1) is 0 Å². The summed E-state index contributed by atoms with van der Waals surface area (Å²) in [5, 5.41) is 0. The van der Waals surface area contributed by atoms with Gasteiger partial charge in [-0.1, -0.05) is 30.3 Å². The van der Waals surface area contributed by atoms with E-state index in [-0.39, 0.29) is 25.2 Å². The molecule has 25 heavy (non-hydrogen) atoms. The van der Waals surface area contributed by atoms with Crippen LogP contribution >= 0.6 is 0 Å². The summed E-state index contributed by atoms with van der Waals surface area (Å²) in [5.41, 5.74) is 0.977. The molecule has 0 bridgehead atoms. The number of amides is 1. The van der Waals surface area contributed by atoms with E-state index in [4.69, 9.17) is 14.2 Å². The van der Waals surface area contributed by atoms with Gasteiger partial charge in [0.25, 0.3) is 0 Å². The van der Waals surface area contributed by atoms with Gasteiger partial charge in [-0.25, -0.2) is 0 Å². The molecule has 2 aliphatic rings. The number of fused-ring (bicyclic) bond motifs is 1. The molecule has 2 saturated heterocycles. The highest BCUT2D eigenvalue weighted by Gasteiger charge is 2.56. The minimum Gasteiger partial charge on any atom is -0.456 e. The van der Waals surface area contributed by atoms with Crippen LogP contribution in [0.25, 0.3) is 0 Å². The molecular weight excluding hydrogens is 326 g/mol. The van der Waals surface area contributed by atoms with Crippen molar-refractivity contribution < 1.29 is 28.6 Å². The fraction of sp³-hybridized carbons (Fsp3) is 0.500. The molecule has 0 spiro atoms. The van der Waals surface area contributed by atoms with Gasteiger partial charge in [-0.05, 0) is 5.56 Å². The summed E-state index contributed by atoms with van der Waals surface area (Å²) in [7, 11) is 0. The van der Waals surface area contributed by atoms with Crippen molar-refractivity contribution in [1.82, 2.24) is 4.90 Å². The summed E-state index contributed by atoms with van der Waals surface area (Å²) < 4.78 is 16.2. The van der Waals surface area contributed by atoms with Gasteiger partial charge in [-0.2, -0.15) is 0 Å². The number of carbonyl (C=O) groups excluding carboxylic acids is 3. The fourth-order valence-electron chi connectivity index (χ4n) is 3.46. The van der Waals surface area contributed by atoms with Crippen LogP contribution in [0, 0.1) is 5.92 Å². The van der Waals surface area contributed by atoms with Crippen LogP contribution in [-0.2, 0) is 35.1 Å². The largest absolute Gasteiger partial charge is 0.456 e. The normalized spacial score (nSPS) is 28.4. The summed E-state index contributed by atoms with van der Waals surface area (Å²) in [5.74, 6) is -1.41. The van der Waals surface area contributed by atoms with Crippen molar-refractivity contribution in [2.45, 2.75) is 38.6 Å². The van der Waals surface area contributed by atoms with Gasteiger partial charge in [0, 0.05) is 20.4 Å². The van der Waals surface area contributed by atoms with Crippen LogP contribution in [0.5, 0.6) is 0 Å². The molecule has 0 unspecified atom stereocenters. The number of hydrogen-bond acceptors (Lipinski definition) is 6. The third-order valence-corrected chi connectivity index (χ3v) is 4.47. The van der Waals surface area contributed by atoms with E-state index in [1.54, 1.807) is 4.90 Å². The topological polar surface area (TPSA) is 82.1 Å². The van der Waals surface area contributed by atoms with Gasteiger partial charge in [0.1, 0.15) is 0 Å². The number of esters is 2. The highest BCUT2D eigenvalue weighted by molar-refractivity contribution is 5.86. The number of rotatable bonds is 4. The smallest absolute Gasteiger partial charge is 0.303 e. The number of ether oxygens (including phenoxy) is 3. The van der Waals surface area contributed by atoms with E-state index in [0.29, 0.717) is 6.54 Å². The third kappa shape index (κ3) is 3.66. The molecule has 1 aromatic rings. The molecule has 0 aliphatic carbocycles. The minimum atomic E-state index is -0.740. The lowest BCUT2D eigenvalue weighted by molar-refractivity contribution is -0.186. The van der Waals surface area contributed by atoms with E-state index in [2.05, 4.69) is 0 Å². The van der Waals surface area contributed by atoms with Crippen LogP contribution in [0.1, 0.15) is 19.4 Å². The van der Waals surface area contributed by atoms with E-state index in [0.717, 1.165) is 5.56 Å². The Bertz CT molecular complexity index is 661. The first-order valence-corrected chi connectivity index (χ1v) is 8.24. The van der Waals surface area contributed by atoms with E-state index in [1.807, 2.05) is 30.3 Å². The molecule has 0 saturated carbocycles. The highest BCUT2D eigenvalue weighted by Crippen LogP contribution is 2.36. The minimum absolute atomic E-state index is 0.0468. The quantitative estimate of drug-likeness (QED) is 0.595. The first-order chi connectivity index (χ1) is 12.0. The predicted octanol–water partition coefficient (Wildman–Crippen LogP) is 0.907. The number of carbonyl (C=O) groups is 3. The molecule has 3 rings (SSSR count). The van der Waals surface area contributed by atoms with Crippen molar-refractivity contribution in [2.75, 3.05) is 13.2 Å². The zero-order chi connectivity index (χ0) is 18.0. The number of β-lactam (4-membered cyclic amide) rings is 1. The first kappa shape index (κ1) is 17.4. The first-order valence-electron chi connectivity index (χ1n) is 8.24. The van der Waals surface area contributed by atoms with Crippen molar-refractivity contribution in [2.24, 2.45) is 5.92 Å². The Morgan fingerprint density at radius 2 is 1.80 bits per heavy atom. The lowest BCUT2D eigenvalue weighted by atomic mass is 9.82. The molecule has 0 radical (unpaired) electrons. The van der Waals surface area contributed by atoms with E-state index in [9.17, 15) is 14.4 Å². The Morgan fingerprint density at radius 1 is 1.12 bits per heavy atom. The van der Waals surface area contributed by atoms with Gasteiger partial charge in [0.05, 0.1) is 25.2 Å². The summed E-state index contributed by atoms with van der Waals surface area (Å²) in [6.45, 7) is 3.32. The van der Waals surface area contributed by atoms with Crippen LogP contribution in [0.15, 0.2) is 30.3 Å². The Balaban J connectivity index is 1.85. The highest BCUT2D eigenvalue weighted by atomic mass is 16.6. The number of nitrogens with zero attached hydrogens (tertiary/aromatic N) is 1. The maximum Gasteiger partial charge on any atom is 0.303 e. The van der Waals surface area contributed by atoms with E-state index < -0.39 is 30.1 Å². The summed E-state index contributed by atoms with van der Waals surface area (Å²) in [4.78, 5) is 37.1. The molecule has 2 aliphatic heterocycles. The molecule has 2 fully saturated rings. The van der Waals surface area contributed by atoms with Crippen LogP contribution in [-0.4, -0.2) is 54.2 Å². The SMILES string of the molecule is CC(=O)O[C@H]1[C@H]2[C@@H](COC[C@@H]1OC(C)=O)C(=O)N2Cc1ccccc1. The Hall–Kier alpha value is -2.41. The van der Waals surface area contributed by atoms with Crippen molar-refractivity contribution in [3.63, 3.8) is 0 Å². The van der Waals surface area contributed by atoms with Crippen LogP contribution in [0.4, 0.5) is 0 Å². The Morgan fingerprint density at radius 3 is 2.44 bits per heavy atom. The third-order valence-electron chi connectivity index (χ3n) is 4.47. The van der Waals surface area contributed by atoms with E-state index in [1.165, 1.54) is 13.8 Å². The molecule has 1 aromatic carbocycles. The lowest BCUT2D eigenvalue weighted by Crippen LogP contribution is -2.67. The fourth-order valence-corrected chi connectivity index (χ4v) is 3.46. The molecule has 2 heterocycles. The second-order valence-corrected chi connectivity index (χ2v) is 6.31. The lowest BCUT2D eigenvalue weighted by Gasteiger charge is -2.49. The number of benzene rings is 1. The van der Waals surface area contributed by atoms with Crippen molar-refractivity contribution in [1.29, 1.82) is 0 Å². The molecule has 0 N–H and O–H groups in total. The molecule has 7 heteroatoms. The van der Waals surface area contributed by atoms with Gasteiger partial charge < -0.3 is 19.1 Å². The molecule has 4 atom stereocenters. The Labute approximate surface area is 145 Å². The zero-order valence-corrected chi connectivity index (χ0v) is 14.2. The maximum absolute atomic E-state index is 12.5. The van der Waals surface area contributed by atoms with Crippen LogP contribution in [0.3, 0.4) is 0 Å². The molecule has 7 nitrogen and oxygen atoms in total. The Kier molecular flexibility index (Phi) is 5.03. The molecule has 0 aromatic heterocycles. The van der Waals surface area contributed by atoms with Crippen LogP contribution in [0.2, 0.25) is 0 Å². The summed E-state index contributed by atoms with van der Waals surface area (Å²) >= 11 is 0. The second kappa shape index (κ2) is 7.23. The standard InChI is InChI=1S/C18H21NO6/c1-11(20)24-15-10-23-9-14-16(17(15)25-12(2)21)19(18(14)22)8-13-6-4-3-5-7-13/h3-7,14-17H,8-10H2,1-2H3/t14-,15+,16-,17-/m1/s1. The zero-order valence-electron chi connectivity index (χ0n) is 14.2. The van der Waals surface area contributed by atoms with Crippen molar-refractivity contribution in [3.8, 4) is 0 Å². The second-order valence-electron chi connectivity index (χ2n) is 6.31. The number of hydrogen-bond donors (Lipinski definition) is 0. The molecule has 1 amide bonds. The van der Waals surface area contributed by atoms with Crippen molar-refractivity contribution >= 4 is 17.8 Å². The van der Waals surface area contributed by atoms with E-state index >= 15 is 0 Å². The number of likely N-dealkylation sites (tertiary alicyclic amines) is 1. The maximum atomic E-state index is 12.5. The van der Waals surface area contributed by atoms with Gasteiger partial charge >= 0.3 is 11.9 Å². The van der Waals surface area contributed by atoms with Crippen molar-refractivity contribution in [3.05, 3.63) is 35.9 Å². The molecular formula is C18H21NO6.